The van der Waals surface area contributed by atoms with Crippen LogP contribution in [0.5, 0.6) is 0 Å². The molecule has 0 aliphatic rings. The number of nitrogens with zero attached hydrogens (tertiary/aromatic N) is 2. The Balaban J connectivity index is 1.78. The van der Waals surface area contributed by atoms with Gasteiger partial charge in [-0.05, 0) is 49.1 Å². The summed E-state index contributed by atoms with van der Waals surface area (Å²) in [5, 5.41) is 3.48. The number of urea groups is 1. The zero-order valence-electron chi connectivity index (χ0n) is 23.1. The van der Waals surface area contributed by atoms with Crippen molar-refractivity contribution in [3.05, 3.63) is 71.4 Å². The molecule has 1 heterocycles. The highest BCUT2D eigenvalue weighted by Crippen LogP contribution is 2.29. The van der Waals surface area contributed by atoms with Crippen LogP contribution >= 0.6 is 0 Å². The van der Waals surface area contributed by atoms with Crippen molar-refractivity contribution < 1.29 is 37.0 Å². The van der Waals surface area contributed by atoms with Crippen LogP contribution in [0.4, 0.5) is 18.0 Å². The molecule has 41 heavy (non-hydrogen) atoms. The maximum Gasteiger partial charge on any atom is 0.416 e. The zero-order valence-corrected chi connectivity index (χ0v) is 23.1. The van der Waals surface area contributed by atoms with Crippen molar-refractivity contribution in [1.82, 2.24) is 20.1 Å². The predicted molar refractivity (Wildman–Crippen MR) is 147 cm³/mol. The summed E-state index contributed by atoms with van der Waals surface area (Å²) in [6, 6.07) is 11.8. The molecule has 3 aromatic rings. The number of para-hydroxylation sites is 1. The predicted octanol–water partition coefficient (Wildman–Crippen LogP) is 4.37. The first-order valence-electron chi connectivity index (χ1n) is 13.3. The van der Waals surface area contributed by atoms with Crippen LogP contribution in [0.2, 0.25) is 0 Å². The smallest absolute Gasteiger partial charge is 0.416 e. The number of aromatic nitrogens is 1. The average molecular weight is 577 g/mol. The maximum atomic E-state index is 13.6. The van der Waals surface area contributed by atoms with Crippen LogP contribution in [0.25, 0.3) is 10.9 Å². The standard InChI is InChI=1S/C29H35F3N4O5/c1-3-41-27(38)18-34-28(39)36(14-6-16-40-2)20-26(37)35(19-21-9-11-23(12-10-21)29(30,31)32)15-13-22-17-33-25-8-5-4-7-24(22)25/h4-5,7-12,17,33H,3,6,13-16,18-20H2,1-2H3,(H,34,39). The van der Waals surface area contributed by atoms with Gasteiger partial charge in [-0.15, -0.1) is 0 Å². The second kappa shape index (κ2) is 15.1. The number of nitrogens with one attached hydrogen (secondary N) is 2. The van der Waals surface area contributed by atoms with Crippen molar-refractivity contribution in [1.29, 1.82) is 0 Å². The minimum absolute atomic E-state index is 0.0513. The first kappa shape index (κ1) is 31.5. The van der Waals surface area contributed by atoms with E-state index in [2.05, 4.69) is 10.3 Å². The monoisotopic (exact) mass is 576 g/mol. The highest BCUT2D eigenvalue weighted by Gasteiger charge is 2.30. The fraction of sp³-hybridized carbons (Fsp3) is 0.414. The summed E-state index contributed by atoms with van der Waals surface area (Å²) in [4.78, 5) is 44.2. The number of hydrogen-bond acceptors (Lipinski definition) is 5. The number of ether oxygens (including phenoxy) is 2. The zero-order chi connectivity index (χ0) is 29.8. The van der Waals surface area contributed by atoms with Gasteiger partial charge in [-0.25, -0.2) is 4.79 Å². The molecule has 12 heteroatoms. The molecular weight excluding hydrogens is 541 g/mol. The molecule has 222 valence electrons. The molecule has 2 N–H and O–H groups in total. The fourth-order valence-corrected chi connectivity index (χ4v) is 4.29. The van der Waals surface area contributed by atoms with Gasteiger partial charge in [0.1, 0.15) is 13.1 Å². The average Bonchev–Trinajstić information content (AvgIpc) is 3.36. The Morgan fingerprint density at radius 3 is 2.41 bits per heavy atom. The number of esters is 1. The molecule has 0 aliphatic carbocycles. The number of fused-ring (bicyclic) bond motifs is 1. The molecule has 0 atom stereocenters. The quantitative estimate of drug-likeness (QED) is 0.219. The molecule has 0 saturated heterocycles. The number of halogens is 3. The van der Waals surface area contributed by atoms with Gasteiger partial charge in [-0.2, -0.15) is 13.2 Å². The summed E-state index contributed by atoms with van der Waals surface area (Å²) in [6.45, 7) is 2.02. The third-order valence-corrected chi connectivity index (χ3v) is 6.41. The van der Waals surface area contributed by atoms with Gasteiger partial charge in [-0.1, -0.05) is 30.3 Å². The van der Waals surface area contributed by atoms with Crippen molar-refractivity contribution in [2.45, 2.75) is 32.5 Å². The van der Waals surface area contributed by atoms with Gasteiger partial charge >= 0.3 is 18.2 Å². The lowest BCUT2D eigenvalue weighted by molar-refractivity contribution is -0.142. The van der Waals surface area contributed by atoms with Gasteiger partial charge in [0.05, 0.1) is 12.2 Å². The Morgan fingerprint density at radius 2 is 1.73 bits per heavy atom. The van der Waals surface area contributed by atoms with E-state index in [4.69, 9.17) is 9.47 Å². The summed E-state index contributed by atoms with van der Waals surface area (Å²) >= 11 is 0. The fourth-order valence-electron chi connectivity index (χ4n) is 4.29. The Bertz CT molecular complexity index is 1290. The largest absolute Gasteiger partial charge is 0.465 e. The van der Waals surface area contributed by atoms with Crippen LogP contribution in [0, 0.1) is 0 Å². The molecule has 0 unspecified atom stereocenters. The van der Waals surface area contributed by atoms with Crippen molar-refractivity contribution >= 4 is 28.8 Å². The molecule has 2 aromatic carbocycles. The molecule has 9 nitrogen and oxygen atoms in total. The molecule has 0 aliphatic heterocycles. The maximum absolute atomic E-state index is 13.6. The van der Waals surface area contributed by atoms with E-state index in [-0.39, 0.29) is 39.3 Å². The highest BCUT2D eigenvalue weighted by atomic mass is 19.4. The summed E-state index contributed by atoms with van der Waals surface area (Å²) in [6.07, 6.45) is -1.67. The second-order valence-electron chi connectivity index (χ2n) is 9.35. The number of methoxy groups -OCH3 is 1. The van der Waals surface area contributed by atoms with Gasteiger partial charge in [-0.3, -0.25) is 9.59 Å². The van der Waals surface area contributed by atoms with Crippen LogP contribution in [-0.4, -0.2) is 79.2 Å². The number of rotatable bonds is 14. The number of amides is 3. The number of hydrogen-bond donors (Lipinski definition) is 2. The van der Waals surface area contributed by atoms with E-state index >= 15 is 0 Å². The van der Waals surface area contributed by atoms with E-state index in [0.717, 1.165) is 28.6 Å². The summed E-state index contributed by atoms with van der Waals surface area (Å²) in [5.41, 5.74) is 1.67. The molecule has 0 radical (unpaired) electrons. The van der Waals surface area contributed by atoms with E-state index in [1.54, 1.807) is 6.92 Å². The van der Waals surface area contributed by atoms with E-state index in [1.165, 1.54) is 29.0 Å². The lowest BCUT2D eigenvalue weighted by Gasteiger charge is -2.28. The third-order valence-electron chi connectivity index (χ3n) is 6.41. The number of aromatic amines is 1. The van der Waals surface area contributed by atoms with E-state index in [1.807, 2.05) is 30.5 Å². The number of carbonyl (C=O) groups is 3. The molecular formula is C29H35F3N4O5. The Hall–Kier alpha value is -4.06. The summed E-state index contributed by atoms with van der Waals surface area (Å²) in [7, 11) is 1.52. The van der Waals surface area contributed by atoms with Crippen LogP contribution in [0.3, 0.4) is 0 Å². The van der Waals surface area contributed by atoms with E-state index in [9.17, 15) is 27.6 Å². The molecule has 3 amide bonds. The SMILES string of the molecule is CCOC(=O)CNC(=O)N(CCCOC)CC(=O)N(CCc1c[nH]c2ccccc12)Cc1ccc(C(F)(F)F)cc1. The minimum Gasteiger partial charge on any atom is -0.465 e. The normalized spacial score (nSPS) is 11.3. The summed E-state index contributed by atoms with van der Waals surface area (Å²) < 4.78 is 49.1. The van der Waals surface area contributed by atoms with Crippen LogP contribution in [-0.2, 0) is 38.2 Å². The lowest BCUT2D eigenvalue weighted by atomic mass is 10.1. The van der Waals surface area contributed by atoms with Gasteiger partial charge in [0.2, 0.25) is 5.91 Å². The van der Waals surface area contributed by atoms with E-state index in [0.29, 0.717) is 25.0 Å². The van der Waals surface area contributed by atoms with Crippen molar-refractivity contribution in [3.63, 3.8) is 0 Å². The Morgan fingerprint density at radius 1 is 1.00 bits per heavy atom. The van der Waals surface area contributed by atoms with Gasteiger partial charge < -0.3 is 29.6 Å². The molecule has 3 rings (SSSR count). The highest BCUT2D eigenvalue weighted by molar-refractivity contribution is 5.86. The molecule has 0 saturated carbocycles. The Labute approximate surface area is 236 Å². The van der Waals surface area contributed by atoms with Crippen LogP contribution in [0.15, 0.2) is 54.7 Å². The van der Waals surface area contributed by atoms with Gasteiger partial charge in [0, 0.05) is 50.5 Å². The van der Waals surface area contributed by atoms with Gasteiger partial charge in [0.15, 0.2) is 0 Å². The lowest BCUT2D eigenvalue weighted by Crippen LogP contribution is -2.48. The van der Waals surface area contributed by atoms with Crippen molar-refractivity contribution in [3.8, 4) is 0 Å². The molecule has 0 bridgehead atoms. The second-order valence-corrected chi connectivity index (χ2v) is 9.35. The Kier molecular flexibility index (Phi) is 11.6. The van der Waals surface area contributed by atoms with Crippen molar-refractivity contribution in [2.24, 2.45) is 0 Å². The van der Waals surface area contributed by atoms with Gasteiger partial charge in [0.25, 0.3) is 0 Å². The number of H-pyrrole nitrogens is 1. The first-order chi connectivity index (χ1) is 19.6. The molecule has 1 aromatic heterocycles. The molecule has 0 fully saturated rings. The van der Waals surface area contributed by atoms with E-state index < -0.39 is 29.6 Å². The number of carbonyl (C=O) groups excluding carboxylic acids is 3. The summed E-state index contributed by atoms with van der Waals surface area (Å²) in [5.74, 6) is -1.000. The third kappa shape index (κ3) is 9.52. The number of benzene rings is 2. The van der Waals surface area contributed by atoms with Crippen LogP contribution in [0.1, 0.15) is 30.0 Å². The van der Waals surface area contributed by atoms with Crippen molar-refractivity contribution in [2.75, 3.05) is 46.5 Å². The van der Waals surface area contributed by atoms with Crippen LogP contribution < -0.4 is 5.32 Å². The molecule has 0 spiro atoms. The number of alkyl halides is 3. The topological polar surface area (TPSA) is 104 Å². The minimum atomic E-state index is -4.47. The first-order valence-corrected chi connectivity index (χ1v) is 13.3.